The zero-order valence-electron chi connectivity index (χ0n) is 6.30. The van der Waals surface area contributed by atoms with Crippen LogP contribution in [0.25, 0.3) is 0 Å². The van der Waals surface area contributed by atoms with E-state index in [4.69, 9.17) is 4.74 Å². The first-order valence-corrected chi connectivity index (χ1v) is 4.76. The van der Waals surface area contributed by atoms with Crippen LogP contribution in [0.3, 0.4) is 0 Å². The lowest BCUT2D eigenvalue weighted by Crippen LogP contribution is -1.91. The molecule has 0 radical (unpaired) electrons. The number of benzene rings is 1. The van der Waals surface area contributed by atoms with Crippen LogP contribution >= 0.6 is 31.9 Å². The Balaban J connectivity index is 3.33. The maximum absolute atomic E-state index is 10.6. The minimum atomic E-state index is 0.528. The molecule has 0 aromatic heterocycles. The van der Waals surface area contributed by atoms with E-state index in [2.05, 4.69) is 31.9 Å². The minimum Gasteiger partial charge on any atom is -0.496 e. The topological polar surface area (TPSA) is 26.3 Å². The number of halogens is 2. The number of ether oxygens (including phenoxy) is 1. The number of methoxy groups -OCH3 is 1. The van der Waals surface area contributed by atoms with Crippen molar-refractivity contribution in [1.29, 1.82) is 0 Å². The van der Waals surface area contributed by atoms with Gasteiger partial charge in [-0.05, 0) is 28.1 Å². The summed E-state index contributed by atoms with van der Waals surface area (Å²) in [5.41, 5.74) is 0.528. The van der Waals surface area contributed by atoms with Gasteiger partial charge in [0, 0.05) is 8.95 Å². The lowest BCUT2D eigenvalue weighted by Gasteiger charge is -2.05. The van der Waals surface area contributed by atoms with Gasteiger partial charge in [-0.25, -0.2) is 0 Å². The van der Waals surface area contributed by atoms with E-state index in [1.165, 1.54) is 7.11 Å². The van der Waals surface area contributed by atoms with Gasteiger partial charge in [-0.2, -0.15) is 0 Å². The lowest BCUT2D eigenvalue weighted by atomic mass is 10.2. The normalized spacial score (nSPS) is 9.58. The van der Waals surface area contributed by atoms with Crippen LogP contribution in [0.2, 0.25) is 0 Å². The molecule has 1 aromatic carbocycles. The molecule has 12 heavy (non-hydrogen) atoms. The Kier molecular flexibility index (Phi) is 3.29. The van der Waals surface area contributed by atoms with E-state index >= 15 is 0 Å². The average molecular weight is 294 g/mol. The second-order valence-corrected chi connectivity index (χ2v) is 3.89. The van der Waals surface area contributed by atoms with Gasteiger partial charge in [0.1, 0.15) is 5.75 Å². The second kappa shape index (κ2) is 4.05. The van der Waals surface area contributed by atoms with Crippen LogP contribution < -0.4 is 4.74 Å². The van der Waals surface area contributed by atoms with Gasteiger partial charge in [0.15, 0.2) is 6.29 Å². The molecule has 0 bridgehead atoms. The Labute approximate surface area is 87.2 Å². The summed E-state index contributed by atoms with van der Waals surface area (Å²) >= 11 is 6.55. The van der Waals surface area contributed by atoms with E-state index in [1.807, 2.05) is 0 Å². The summed E-state index contributed by atoms with van der Waals surface area (Å²) in [4.78, 5) is 10.6. The first-order valence-electron chi connectivity index (χ1n) is 3.17. The summed E-state index contributed by atoms with van der Waals surface area (Å²) in [7, 11) is 1.53. The third-order valence-corrected chi connectivity index (χ3v) is 2.51. The van der Waals surface area contributed by atoms with Crippen molar-refractivity contribution in [2.45, 2.75) is 0 Å². The van der Waals surface area contributed by atoms with E-state index in [0.29, 0.717) is 11.3 Å². The highest BCUT2D eigenvalue weighted by Crippen LogP contribution is 2.29. The summed E-state index contributed by atoms with van der Waals surface area (Å²) in [6.45, 7) is 0. The Morgan fingerprint density at radius 1 is 1.42 bits per heavy atom. The van der Waals surface area contributed by atoms with Gasteiger partial charge in [0.25, 0.3) is 0 Å². The molecular formula is C8H6Br2O2. The number of hydrogen-bond donors (Lipinski definition) is 0. The van der Waals surface area contributed by atoms with Crippen molar-refractivity contribution in [2.24, 2.45) is 0 Å². The van der Waals surface area contributed by atoms with E-state index in [9.17, 15) is 4.79 Å². The van der Waals surface area contributed by atoms with Crippen LogP contribution in [0.15, 0.2) is 21.1 Å². The molecule has 1 rings (SSSR count). The molecule has 2 nitrogen and oxygen atoms in total. The van der Waals surface area contributed by atoms with Crippen LogP contribution in [-0.2, 0) is 0 Å². The Bertz CT molecular complexity index is 310. The molecular weight excluding hydrogens is 288 g/mol. The SMILES string of the molecule is COc1cc(Br)cc(Br)c1C=O. The molecule has 0 N–H and O–H groups in total. The molecule has 0 aliphatic heterocycles. The second-order valence-electron chi connectivity index (χ2n) is 2.12. The van der Waals surface area contributed by atoms with Crippen molar-refractivity contribution in [3.05, 3.63) is 26.6 Å². The first kappa shape index (κ1) is 9.74. The highest BCUT2D eigenvalue weighted by molar-refractivity contribution is 9.11. The third-order valence-electron chi connectivity index (χ3n) is 1.39. The first-order chi connectivity index (χ1) is 5.69. The summed E-state index contributed by atoms with van der Waals surface area (Å²) in [5.74, 6) is 0.561. The summed E-state index contributed by atoms with van der Waals surface area (Å²) in [5, 5.41) is 0. The van der Waals surface area contributed by atoms with Gasteiger partial charge in [-0.15, -0.1) is 0 Å². The Hall–Kier alpha value is -0.350. The molecule has 0 fully saturated rings. The fourth-order valence-electron chi connectivity index (χ4n) is 0.844. The highest BCUT2D eigenvalue weighted by Gasteiger charge is 2.07. The van der Waals surface area contributed by atoms with Crippen molar-refractivity contribution in [2.75, 3.05) is 7.11 Å². The maximum atomic E-state index is 10.6. The highest BCUT2D eigenvalue weighted by atomic mass is 79.9. The van der Waals surface area contributed by atoms with E-state index < -0.39 is 0 Å². The fourth-order valence-corrected chi connectivity index (χ4v) is 2.12. The molecule has 0 amide bonds. The quantitative estimate of drug-likeness (QED) is 0.784. The molecule has 4 heteroatoms. The van der Waals surface area contributed by atoms with Crippen molar-refractivity contribution in [1.82, 2.24) is 0 Å². The van der Waals surface area contributed by atoms with Crippen LogP contribution in [0.4, 0.5) is 0 Å². The largest absolute Gasteiger partial charge is 0.496 e. The monoisotopic (exact) mass is 292 g/mol. The maximum Gasteiger partial charge on any atom is 0.154 e. The molecule has 64 valence electrons. The lowest BCUT2D eigenvalue weighted by molar-refractivity contribution is 0.112. The van der Waals surface area contributed by atoms with Gasteiger partial charge < -0.3 is 4.74 Å². The molecule has 0 aliphatic rings. The van der Waals surface area contributed by atoms with E-state index in [0.717, 1.165) is 15.2 Å². The number of aldehydes is 1. The number of carbonyl (C=O) groups excluding carboxylic acids is 1. The molecule has 0 saturated heterocycles. The molecule has 0 atom stereocenters. The molecule has 0 unspecified atom stereocenters. The minimum absolute atomic E-state index is 0.528. The van der Waals surface area contributed by atoms with Gasteiger partial charge in [-0.1, -0.05) is 15.9 Å². The third kappa shape index (κ3) is 1.87. The number of hydrogen-bond acceptors (Lipinski definition) is 2. The predicted octanol–water partition coefficient (Wildman–Crippen LogP) is 3.03. The van der Waals surface area contributed by atoms with Gasteiger partial charge >= 0.3 is 0 Å². The number of rotatable bonds is 2. The smallest absolute Gasteiger partial charge is 0.154 e. The van der Waals surface area contributed by atoms with E-state index in [-0.39, 0.29) is 0 Å². The van der Waals surface area contributed by atoms with Gasteiger partial charge in [0.2, 0.25) is 0 Å². The molecule has 0 aliphatic carbocycles. The summed E-state index contributed by atoms with van der Waals surface area (Å²) in [6.07, 6.45) is 0.759. The van der Waals surface area contributed by atoms with Crippen molar-refractivity contribution < 1.29 is 9.53 Å². The Morgan fingerprint density at radius 2 is 2.08 bits per heavy atom. The summed E-state index contributed by atoms with van der Waals surface area (Å²) in [6, 6.07) is 3.54. The van der Waals surface area contributed by atoms with Gasteiger partial charge in [-0.3, -0.25) is 4.79 Å². The molecule has 0 saturated carbocycles. The van der Waals surface area contributed by atoms with Crippen LogP contribution in [0, 0.1) is 0 Å². The molecule has 0 heterocycles. The zero-order chi connectivity index (χ0) is 9.14. The molecule has 0 spiro atoms. The standard InChI is InChI=1S/C8H6Br2O2/c1-12-8-3-5(9)2-7(10)6(8)4-11/h2-4H,1H3. The van der Waals surface area contributed by atoms with Gasteiger partial charge in [0.05, 0.1) is 12.7 Å². The van der Waals surface area contributed by atoms with Crippen LogP contribution in [0.5, 0.6) is 5.75 Å². The number of carbonyl (C=O) groups is 1. The van der Waals surface area contributed by atoms with Crippen molar-refractivity contribution >= 4 is 38.1 Å². The zero-order valence-corrected chi connectivity index (χ0v) is 9.48. The predicted molar refractivity (Wildman–Crippen MR) is 53.8 cm³/mol. The van der Waals surface area contributed by atoms with Crippen molar-refractivity contribution in [3.63, 3.8) is 0 Å². The van der Waals surface area contributed by atoms with E-state index in [1.54, 1.807) is 12.1 Å². The summed E-state index contributed by atoms with van der Waals surface area (Å²) < 4.78 is 6.60. The average Bonchev–Trinajstić information content (AvgIpc) is 2.03. The van der Waals surface area contributed by atoms with Crippen molar-refractivity contribution in [3.8, 4) is 5.75 Å². The van der Waals surface area contributed by atoms with Crippen LogP contribution in [-0.4, -0.2) is 13.4 Å². The fraction of sp³-hybridized carbons (Fsp3) is 0.125. The molecule has 1 aromatic rings. The Morgan fingerprint density at radius 3 is 2.58 bits per heavy atom. The van der Waals surface area contributed by atoms with Crippen LogP contribution in [0.1, 0.15) is 10.4 Å².